The second kappa shape index (κ2) is 5.90. The minimum atomic E-state index is -0.418. The lowest BCUT2D eigenvalue weighted by molar-refractivity contribution is 0.631. The molecule has 1 aromatic heterocycles. The van der Waals surface area contributed by atoms with E-state index in [1.54, 1.807) is 55.5 Å². The molecule has 0 aliphatic rings. The third-order valence-electron chi connectivity index (χ3n) is 3.64. The van der Waals surface area contributed by atoms with Crippen LogP contribution in [0.5, 0.6) is 0 Å². The van der Waals surface area contributed by atoms with Gasteiger partial charge in [-0.3, -0.25) is 4.79 Å². The van der Waals surface area contributed by atoms with Gasteiger partial charge in [-0.05, 0) is 36.2 Å². The molecule has 23 heavy (non-hydrogen) atoms. The largest absolute Gasteiger partial charge is 0.325 e. The number of nitrogens with one attached hydrogen (secondary N) is 1. The fourth-order valence-corrected chi connectivity index (χ4v) is 2.58. The molecule has 0 fully saturated rings. The van der Waals surface area contributed by atoms with E-state index in [0.717, 1.165) is 0 Å². The number of nitrogens with zero attached hydrogens (tertiary/aromatic N) is 1. The summed E-state index contributed by atoms with van der Waals surface area (Å²) in [6, 6.07) is 17.4. The Bertz CT molecular complexity index is 983. The number of hydrogen-bond acceptors (Lipinski definition) is 2. The van der Waals surface area contributed by atoms with Crippen LogP contribution in [0.25, 0.3) is 22.3 Å². The lowest BCUT2D eigenvalue weighted by atomic mass is 9.96. The Labute approximate surface area is 132 Å². The fraction of sp³-hybridized carbons (Fsp3) is 0.0526. The van der Waals surface area contributed by atoms with E-state index in [4.69, 9.17) is 0 Å². The average Bonchev–Trinajstić information content (AvgIpc) is 2.55. The first-order valence-electron chi connectivity index (χ1n) is 7.09. The van der Waals surface area contributed by atoms with Gasteiger partial charge in [-0.2, -0.15) is 5.26 Å². The average molecular weight is 304 g/mol. The SMILES string of the molecule is Cc1cc(-c2cccc(-c3ccccc3F)c2)c(C#N)c(=O)[nH]1. The molecule has 0 saturated heterocycles. The van der Waals surface area contributed by atoms with Crippen molar-refractivity contribution in [3.8, 4) is 28.3 Å². The van der Waals surface area contributed by atoms with E-state index in [2.05, 4.69) is 4.98 Å². The van der Waals surface area contributed by atoms with Crippen molar-refractivity contribution in [1.29, 1.82) is 5.26 Å². The highest BCUT2D eigenvalue weighted by atomic mass is 19.1. The Kier molecular flexibility index (Phi) is 3.78. The van der Waals surface area contributed by atoms with E-state index in [9.17, 15) is 14.4 Å². The summed E-state index contributed by atoms with van der Waals surface area (Å²) >= 11 is 0. The van der Waals surface area contributed by atoms with Gasteiger partial charge in [-0.25, -0.2) is 4.39 Å². The molecule has 0 atom stereocenters. The van der Waals surface area contributed by atoms with Gasteiger partial charge >= 0.3 is 0 Å². The van der Waals surface area contributed by atoms with Crippen molar-refractivity contribution < 1.29 is 4.39 Å². The van der Waals surface area contributed by atoms with Crippen LogP contribution in [0.15, 0.2) is 59.4 Å². The van der Waals surface area contributed by atoms with Gasteiger partial charge in [0.15, 0.2) is 0 Å². The zero-order valence-corrected chi connectivity index (χ0v) is 12.4. The predicted molar refractivity (Wildman–Crippen MR) is 87.3 cm³/mol. The number of hydrogen-bond donors (Lipinski definition) is 1. The number of rotatable bonds is 2. The van der Waals surface area contributed by atoms with Crippen LogP contribution in [0.3, 0.4) is 0 Å². The standard InChI is InChI=1S/C19H13FN2O/c1-12-9-16(17(11-21)19(23)22-12)14-6-4-5-13(10-14)15-7-2-3-8-18(15)20/h2-10H,1H3,(H,22,23). The molecule has 0 saturated carbocycles. The van der Waals surface area contributed by atoms with Gasteiger partial charge in [0.2, 0.25) is 0 Å². The normalized spacial score (nSPS) is 10.3. The molecular formula is C19H13FN2O. The number of aryl methyl sites for hydroxylation is 1. The Morgan fingerprint density at radius 1 is 1.00 bits per heavy atom. The summed E-state index contributed by atoms with van der Waals surface area (Å²) in [5.41, 5.74) is 2.74. The summed E-state index contributed by atoms with van der Waals surface area (Å²) in [5, 5.41) is 9.25. The van der Waals surface area contributed by atoms with Crippen molar-refractivity contribution in [1.82, 2.24) is 4.98 Å². The molecule has 0 radical (unpaired) electrons. The summed E-state index contributed by atoms with van der Waals surface area (Å²) in [4.78, 5) is 14.6. The molecule has 0 unspecified atom stereocenters. The molecule has 0 amide bonds. The Balaban J connectivity index is 2.21. The van der Waals surface area contributed by atoms with Crippen LogP contribution in [0, 0.1) is 24.1 Å². The van der Waals surface area contributed by atoms with E-state index < -0.39 is 5.56 Å². The van der Waals surface area contributed by atoms with E-state index in [-0.39, 0.29) is 11.4 Å². The molecule has 0 aliphatic carbocycles. The van der Waals surface area contributed by atoms with E-state index in [1.165, 1.54) is 6.07 Å². The zero-order chi connectivity index (χ0) is 16.4. The lowest BCUT2D eigenvalue weighted by Crippen LogP contribution is -2.12. The molecule has 1 N–H and O–H groups in total. The zero-order valence-electron chi connectivity index (χ0n) is 12.4. The second-order valence-corrected chi connectivity index (χ2v) is 5.24. The summed E-state index contributed by atoms with van der Waals surface area (Å²) in [6.07, 6.45) is 0. The van der Waals surface area contributed by atoms with Crippen molar-refractivity contribution >= 4 is 0 Å². The number of benzene rings is 2. The molecule has 3 rings (SSSR count). The molecule has 0 bridgehead atoms. The summed E-state index contributed by atoms with van der Waals surface area (Å²) in [6.45, 7) is 1.76. The van der Waals surface area contributed by atoms with Gasteiger partial charge in [-0.1, -0.05) is 36.4 Å². The first-order chi connectivity index (χ1) is 11.1. The molecule has 0 aliphatic heterocycles. The number of nitriles is 1. The van der Waals surface area contributed by atoms with Gasteiger partial charge in [0.1, 0.15) is 17.4 Å². The Morgan fingerprint density at radius 2 is 1.70 bits per heavy atom. The summed E-state index contributed by atoms with van der Waals surface area (Å²) in [5.74, 6) is -0.313. The van der Waals surface area contributed by atoms with E-state index in [1.807, 2.05) is 6.07 Å². The number of halogens is 1. The molecule has 112 valence electrons. The highest BCUT2D eigenvalue weighted by molar-refractivity contribution is 5.76. The maximum atomic E-state index is 14.0. The molecule has 0 spiro atoms. The molecule has 4 heteroatoms. The van der Waals surface area contributed by atoms with Gasteiger partial charge in [0.05, 0.1) is 0 Å². The lowest BCUT2D eigenvalue weighted by Gasteiger charge is -2.09. The van der Waals surface area contributed by atoms with Crippen molar-refractivity contribution in [3.05, 3.63) is 82.0 Å². The maximum Gasteiger partial charge on any atom is 0.266 e. The maximum absolute atomic E-state index is 14.0. The van der Waals surface area contributed by atoms with Crippen LogP contribution < -0.4 is 5.56 Å². The summed E-state index contributed by atoms with van der Waals surface area (Å²) in [7, 11) is 0. The molecule has 3 aromatic rings. The van der Waals surface area contributed by atoms with Crippen LogP contribution in [-0.2, 0) is 0 Å². The van der Waals surface area contributed by atoms with Crippen molar-refractivity contribution in [2.24, 2.45) is 0 Å². The van der Waals surface area contributed by atoms with Crippen LogP contribution in [0.2, 0.25) is 0 Å². The van der Waals surface area contributed by atoms with E-state index in [0.29, 0.717) is 27.9 Å². The number of aromatic nitrogens is 1. The Morgan fingerprint density at radius 3 is 2.39 bits per heavy atom. The highest BCUT2D eigenvalue weighted by Crippen LogP contribution is 2.29. The van der Waals surface area contributed by atoms with Crippen LogP contribution >= 0.6 is 0 Å². The second-order valence-electron chi connectivity index (χ2n) is 5.24. The third kappa shape index (κ3) is 2.77. The minimum Gasteiger partial charge on any atom is -0.325 e. The highest BCUT2D eigenvalue weighted by Gasteiger charge is 2.12. The number of H-pyrrole nitrogens is 1. The van der Waals surface area contributed by atoms with Crippen molar-refractivity contribution in [2.75, 3.05) is 0 Å². The summed E-state index contributed by atoms with van der Waals surface area (Å²) < 4.78 is 14.0. The van der Waals surface area contributed by atoms with Gasteiger partial charge < -0.3 is 4.98 Å². The van der Waals surface area contributed by atoms with Crippen LogP contribution in [0.4, 0.5) is 4.39 Å². The quantitative estimate of drug-likeness (QED) is 0.777. The first-order valence-corrected chi connectivity index (χ1v) is 7.09. The number of pyridine rings is 1. The molecule has 1 heterocycles. The topological polar surface area (TPSA) is 56.6 Å². The van der Waals surface area contributed by atoms with E-state index >= 15 is 0 Å². The molecular weight excluding hydrogens is 291 g/mol. The fourth-order valence-electron chi connectivity index (χ4n) is 2.58. The van der Waals surface area contributed by atoms with Gasteiger partial charge in [0, 0.05) is 16.8 Å². The smallest absolute Gasteiger partial charge is 0.266 e. The van der Waals surface area contributed by atoms with Crippen LogP contribution in [-0.4, -0.2) is 4.98 Å². The number of aromatic amines is 1. The molecule has 3 nitrogen and oxygen atoms in total. The predicted octanol–water partition coefficient (Wildman–Crippen LogP) is 4.03. The van der Waals surface area contributed by atoms with Crippen LogP contribution in [0.1, 0.15) is 11.3 Å². The minimum absolute atomic E-state index is 0.0567. The third-order valence-corrected chi connectivity index (χ3v) is 3.64. The Hall–Kier alpha value is -3.19. The van der Waals surface area contributed by atoms with Gasteiger partial charge in [-0.15, -0.1) is 0 Å². The van der Waals surface area contributed by atoms with Gasteiger partial charge in [0.25, 0.3) is 5.56 Å². The first kappa shape index (κ1) is 14.7. The monoisotopic (exact) mass is 304 g/mol. The van der Waals surface area contributed by atoms with Crippen molar-refractivity contribution in [3.63, 3.8) is 0 Å². The van der Waals surface area contributed by atoms with Crippen molar-refractivity contribution in [2.45, 2.75) is 6.92 Å². The molecule has 2 aromatic carbocycles.